The summed E-state index contributed by atoms with van der Waals surface area (Å²) in [6.45, 7) is 0. The van der Waals surface area contributed by atoms with Crippen LogP contribution in [0.2, 0.25) is 5.02 Å². The molecule has 0 heterocycles. The van der Waals surface area contributed by atoms with Crippen molar-refractivity contribution in [3.8, 4) is 5.75 Å². The van der Waals surface area contributed by atoms with Gasteiger partial charge in [0.1, 0.15) is 5.75 Å². The molecule has 3 nitrogen and oxygen atoms in total. The molecule has 0 aromatic heterocycles. The van der Waals surface area contributed by atoms with Gasteiger partial charge in [-0.15, -0.1) is 0 Å². The van der Waals surface area contributed by atoms with Gasteiger partial charge in [-0.3, -0.25) is 4.79 Å². The zero-order valence-electron chi connectivity index (χ0n) is 10.7. The Morgan fingerprint density at radius 2 is 2.21 bits per heavy atom. The number of fused-ring (bicyclic) bond motifs is 2. The van der Waals surface area contributed by atoms with Gasteiger partial charge in [0, 0.05) is 11.6 Å². The lowest BCUT2D eigenvalue weighted by Crippen LogP contribution is -2.25. The zero-order chi connectivity index (χ0) is 13.4. The van der Waals surface area contributed by atoms with E-state index in [0.717, 1.165) is 18.5 Å². The number of nitrogens with one attached hydrogen (secondary N) is 1. The van der Waals surface area contributed by atoms with Gasteiger partial charge in [0.25, 0.3) is 0 Å². The summed E-state index contributed by atoms with van der Waals surface area (Å²) in [5.74, 6) is 1.83. The first kappa shape index (κ1) is 12.5. The van der Waals surface area contributed by atoms with Crippen LogP contribution in [0.15, 0.2) is 30.4 Å². The van der Waals surface area contributed by atoms with E-state index in [0.29, 0.717) is 22.6 Å². The van der Waals surface area contributed by atoms with Crippen molar-refractivity contribution in [2.45, 2.75) is 12.8 Å². The predicted octanol–water partition coefficient (Wildman–Crippen LogP) is 3.50. The van der Waals surface area contributed by atoms with E-state index in [1.807, 2.05) is 6.07 Å². The highest BCUT2D eigenvalue weighted by Gasteiger charge is 2.39. The SMILES string of the molecule is COc1ccc(NC(=O)C2CC3C=CC2C3)cc1Cl. The summed E-state index contributed by atoms with van der Waals surface area (Å²) in [6.07, 6.45) is 6.51. The minimum atomic E-state index is 0.0954. The number of rotatable bonds is 3. The fourth-order valence-corrected chi connectivity index (χ4v) is 3.32. The normalized spacial score (nSPS) is 27.6. The van der Waals surface area contributed by atoms with Gasteiger partial charge < -0.3 is 10.1 Å². The summed E-state index contributed by atoms with van der Waals surface area (Å²) in [5, 5.41) is 3.46. The second-order valence-electron chi connectivity index (χ2n) is 5.23. The highest BCUT2D eigenvalue weighted by atomic mass is 35.5. The molecule has 1 aromatic rings. The van der Waals surface area contributed by atoms with Crippen molar-refractivity contribution < 1.29 is 9.53 Å². The quantitative estimate of drug-likeness (QED) is 0.859. The number of anilines is 1. The van der Waals surface area contributed by atoms with E-state index in [1.165, 1.54) is 0 Å². The van der Waals surface area contributed by atoms with Gasteiger partial charge >= 0.3 is 0 Å². The molecule has 0 aliphatic heterocycles. The molecule has 0 saturated heterocycles. The Labute approximate surface area is 117 Å². The van der Waals surface area contributed by atoms with Crippen LogP contribution in [0.3, 0.4) is 0 Å². The van der Waals surface area contributed by atoms with E-state index in [4.69, 9.17) is 16.3 Å². The molecule has 0 radical (unpaired) electrons. The fraction of sp³-hybridized carbons (Fsp3) is 0.400. The fourth-order valence-electron chi connectivity index (χ4n) is 3.06. The van der Waals surface area contributed by atoms with E-state index in [9.17, 15) is 4.79 Å². The first-order valence-electron chi connectivity index (χ1n) is 6.50. The molecule has 1 fully saturated rings. The van der Waals surface area contributed by atoms with Crippen molar-refractivity contribution in [3.63, 3.8) is 0 Å². The van der Waals surface area contributed by atoms with Gasteiger partial charge in [-0.1, -0.05) is 23.8 Å². The molecule has 3 atom stereocenters. The van der Waals surface area contributed by atoms with E-state index in [2.05, 4.69) is 17.5 Å². The summed E-state index contributed by atoms with van der Waals surface area (Å²) in [7, 11) is 1.57. The van der Waals surface area contributed by atoms with Crippen molar-refractivity contribution in [1.29, 1.82) is 0 Å². The molecule has 0 spiro atoms. The maximum absolute atomic E-state index is 12.3. The Bertz CT molecular complexity index is 541. The number of allylic oxidation sites excluding steroid dienone is 2. The van der Waals surface area contributed by atoms with Crippen molar-refractivity contribution in [2.75, 3.05) is 12.4 Å². The minimum absolute atomic E-state index is 0.0954. The van der Waals surface area contributed by atoms with Crippen LogP contribution in [0.5, 0.6) is 5.75 Å². The molecule has 1 aromatic carbocycles. The first-order chi connectivity index (χ1) is 9.17. The molecule has 2 aliphatic rings. The number of amides is 1. The molecule has 100 valence electrons. The molecule has 2 bridgehead atoms. The van der Waals surface area contributed by atoms with E-state index in [1.54, 1.807) is 19.2 Å². The van der Waals surface area contributed by atoms with Crippen molar-refractivity contribution in [2.24, 2.45) is 17.8 Å². The van der Waals surface area contributed by atoms with Gasteiger partial charge in [-0.25, -0.2) is 0 Å². The number of carbonyl (C=O) groups is 1. The monoisotopic (exact) mass is 277 g/mol. The van der Waals surface area contributed by atoms with Crippen molar-refractivity contribution in [3.05, 3.63) is 35.4 Å². The van der Waals surface area contributed by atoms with Gasteiger partial charge in [0.15, 0.2) is 0 Å². The molecule has 1 amide bonds. The maximum Gasteiger partial charge on any atom is 0.228 e. The van der Waals surface area contributed by atoms with Crippen LogP contribution in [0.25, 0.3) is 0 Å². The molecule has 4 heteroatoms. The van der Waals surface area contributed by atoms with Crippen molar-refractivity contribution in [1.82, 2.24) is 0 Å². The molecule has 1 N–H and O–H groups in total. The van der Waals surface area contributed by atoms with Crippen molar-refractivity contribution >= 4 is 23.2 Å². The molecule has 3 unspecified atom stereocenters. The summed E-state index contributed by atoms with van der Waals surface area (Å²) < 4.78 is 5.09. The van der Waals surface area contributed by atoms with Crippen LogP contribution < -0.4 is 10.1 Å². The number of carbonyl (C=O) groups excluding carboxylic acids is 1. The minimum Gasteiger partial charge on any atom is -0.495 e. The summed E-state index contributed by atoms with van der Waals surface area (Å²) in [6, 6.07) is 5.30. The third kappa shape index (κ3) is 2.35. The Balaban J connectivity index is 1.70. The topological polar surface area (TPSA) is 38.3 Å². The van der Waals surface area contributed by atoms with Crippen LogP contribution in [-0.2, 0) is 4.79 Å². The number of hydrogen-bond acceptors (Lipinski definition) is 2. The average molecular weight is 278 g/mol. The van der Waals surface area contributed by atoms with E-state index >= 15 is 0 Å². The molecule has 19 heavy (non-hydrogen) atoms. The molecule has 1 saturated carbocycles. The first-order valence-corrected chi connectivity index (χ1v) is 6.88. The highest BCUT2D eigenvalue weighted by Crippen LogP contribution is 2.43. The van der Waals surface area contributed by atoms with Gasteiger partial charge in [-0.05, 0) is 42.9 Å². The Morgan fingerprint density at radius 3 is 2.79 bits per heavy atom. The smallest absolute Gasteiger partial charge is 0.228 e. The molecule has 3 rings (SSSR count). The number of benzene rings is 1. The standard InChI is InChI=1S/C15H16ClNO2/c1-19-14-5-4-11(8-13(14)16)17-15(18)12-7-9-2-3-10(12)6-9/h2-5,8-10,12H,6-7H2,1H3,(H,17,18). The van der Waals surface area contributed by atoms with E-state index in [-0.39, 0.29) is 11.8 Å². The molecule has 2 aliphatic carbocycles. The molecular formula is C15H16ClNO2. The van der Waals surface area contributed by atoms with Crippen LogP contribution in [0.4, 0.5) is 5.69 Å². The summed E-state index contributed by atoms with van der Waals surface area (Å²) in [4.78, 5) is 12.3. The third-order valence-electron chi connectivity index (χ3n) is 4.03. The highest BCUT2D eigenvalue weighted by molar-refractivity contribution is 6.32. The summed E-state index contributed by atoms with van der Waals surface area (Å²) in [5.41, 5.74) is 0.725. The lowest BCUT2D eigenvalue weighted by Gasteiger charge is -2.17. The second-order valence-corrected chi connectivity index (χ2v) is 5.63. The second kappa shape index (κ2) is 4.89. The number of ether oxygens (including phenoxy) is 1. The third-order valence-corrected chi connectivity index (χ3v) is 4.33. The van der Waals surface area contributed by atoms with Gasteiger partial charge in [-0.2, -0.15) is 0 Å². The van der Waals surface area contributed by atoms with Crippen LogP contribution in [0, 0.1) is 17.8 Å². The van der Waals surface area contributed by atoms with Crippen LogP contribution in [0.1, 0.15) is 12.8 Å². The summed E-state index contributed by atoms with van der Waals surface area (Å²) >= 11 is 6.05. The maximum atomic E-state index is 12.3. The van der Waals surface area contributed by atoms with Crippen LogP contribution >= 0.6 is 11.6 Å². The Hall–Kier alpha value is -1.48. The lowest BCUT2D eigenvalue weighted by molar-refractivity contribution is -0.120. The Morgan fingerprint density at radius 1 is 1.37 bits per heavy atom. The molecular weight excluding hydrogens is 262 g/mol. The predicted molar refractivity (Wildman–Crippen MR) is 75.5 cm³/mol. The zero-order valence-corrected chi connectivity index (χ0v) is 11.5. The number of methoxy groups -OCH3 is 1. The number of halogens is 1. The van der Waals surface area contributed by atoms with E-state index < -0.39 is 0 Å². The largest absolute Gasteiger partial charge is 0.495 e. The average Bonchev–Trinajstić information content (AvgIpc) is 3.01. The van der Waals surface area contributed by atoms with Gasteiger partial charge in [0.2, 0.25) is 5.91 Å². The number of hydrogen-bond donors (Lipinski definition) is 1. The lowest BCUT2D eigenvalue weighted by atomic mass is 9.93. The van der Waals surface area contributed by atoms with Crippen LogP contribution in [-0.4, -0.2) is 13.0 Å². The Kier molecular flexibility index (Phi) is 3.23. The van der Waals surface area contributed by atoms with Gasteiger partial charge in [0.05, 0.1) is 12.1 Å².